The normalized spacial score (nSPS) is 14.9. The molecule has 0 radical (unpaired) electrons. The predicted molar refractivity (Wildman–Crippen MR) is 99.6 cm³/mol. The van der Waals surface area contributed by atoms with Crippen LogP contribution in [-0.4, -0.2) is 32.2 Å². The Balaban J connectivity index is 1.75. The number of aryl methyl sites for hydroxylation is 2. The Hall–Kier alpha value is -3.22. The number of aromatic nitrogens is 3. The summed E-state index contributed by atoms with van der Waals surface area (Å²) >= 11 is 0. The van der Waals surface area contributed by atoms with Crippen LogP contribution >= 0.6 is 0 Å². The van der Waals surface area contributed by atoms with E-state index in [9.17, 15) is 14.7 Å². The Morgan fingerprint density at radius 1 is 1.26 bits per heavy atom. The van der Waals surface area contributed by atoms with E-state index in [0.717, 1.165) is 24.1 Å². The minimum atomic E-state index is -1.17. The number of amides is 1. The molecule has 1 aliphatic rings. The Labute approximate surface area is 155 Å². The highest BCUT2D eigenvalue weighted by atomic mass is 16.4. The first-order valence-electron chi connectivity index (χ1n) is 8.90. The molecular weight excluding hydrogens is 344 g/mol. The minimum Gasteiger partial charge on any atom is -0.479 e. The van der Waals surface area contributed by atoms with E-state index in [-0.39, 0.29) is 0 Å². The number of nitrogens with zero attached hydrogens (tertiary/aromatic N) is 2. The van der Waals surface area contributed by atoms with Crippen LogP contribution < -0.4 is 5.32 Å². The van der Waals surface area contributed by atoms with Gasteiger partial charge in [-0.25, -0.2) is 4.79 Å². The lowest BCUT2D eigenvalue weighted by Gasteiger charge is -2.16. The molecular formula is C20H20N4O3. The average molecular weight is 364 g/mol. The number of pyridine rings is 1. The SMILES string of the molecule is Cc1n[nH]c(C)c1C(NC(=O)c1cc(C2CC2)nc2ccccc12)C(=O)O. The van der Waals surface area contributed by atoms with E-state index in [0.29, 0.717) is 33.8 Å². The van der Waals surface area contributed by atoms with Gasteiger partial charge in [-0.2, -0.15) is 5.10 Å². The molecule has 2 heterocycles. The van der Waals surface area contributed by atoms with Crippen LogP contribution in [0.2, 0.25) is 0 Å². The van der Waals surface area contributed by atoms with Crippen LogP contribution in [0.3, 0.4) is 0 Å². The van der Waals surface area contributed by atoms with Crippen LogP contribution in [0.4, 0.5) is 0 Å². The highest BCUT2D eigenvalue weighted by Crippen LogP contribution is 2.40. The zero-order valence-corrected chi connectivity index (χ0v) is 15.1. The minimum absolute atomic E-state index is 0.384. The molecule has 4 rings (SSSR count). The topological polar surface area (TPSA) is 108 Å². The summed E-state index contributed by atoms with van der Waals surface area (Å²) in [5, 5.41) is 19.9. The lowest BCUT2D eigenvalue weighted by molar-refractivity contribution is -0.139. The molecule has 0 aliphatic heterocycles. The maximum absolute atomic E-state index is 13.1. The van der Waals surface area contributed by atoms with Gasteiger partial charge in [-0.05, 0) is 38.8 Å². The number of fused-ring (bicyclic) bond motifs is 1. The number of carboxylic acid groups (broad SMARTS) is 1. The number of hydrogen-bond donors (Lipinski definition) is 3. The van der Waals surface area contributed by atoms with Crippen molar-refractivity contribution in [2.45, 2.75) is 38.6 Å². The molecule has 2 aromatic heterocycles. The molecule has 1 amide bonds. The first-order valence-corrected chi connectivity index (χ1v) is 8.90. The van der Waals surface area contributed by atoms with E-state index < -0.39 is 17.9 Å². The molecule has 1 saturated carbocycles. The average Bonchev–Trinajstić information content (AvgIpc) is 3.45. The molecule has 0 saturated heterocycles. The number of carbonyl (C=O) groups excluding carboxylic acids is 1. The first kappa shape index (κ1) is 17.2. The molecule has 7 heteroatoms. The van der Waals surface area contributed by atoms with Crippen LogP contribution in [0.5, 0.6) is 0 Å². The van der Waals surface area contributed by atoms with Gasteiger partial charge in [-0.3, -0.25) is 14.9 Å². The predicted octanol–water partition coefficient (Wildman–Crippen LogP) is 3.01. The van der Waals surface area contributed by atoms with Crippen LogP contribution in [0.1, 0.15) is 57.8 Å². The summed E-state index contributed by atoms with van der Waals surface area (Å²) < 4.78 is 0. The van der Waals surface area contributed by atoms with Gasteiger partial charge in [0, 0.05) is 28.3 Å². The Bertz CT molecular complexity index is 1030. The molecule has 138 valence electrons. The van der Waals surface area contributed by atoms with E-state index >= 15 is 0 Å². The molecule has 1 aliphatic carbocycles. The summed E-state index contributed by atoms with van der Waals surface area (Å²) in [5.74, 6) is -1.17. The molecule has 1 fully saturated rings. The summed E-state index contributed by atoms with van der Waals surface area (Å²) in [7, 11) is 0. The number of carboxylic acids is 1. The molecule has 1 unspecified atom stereocenters. The number of aromatic amines is 1. The molecule has 1 aromatic carbocycles. The van der Waals surface area contributed by atoms with E-state index in [1.54, 1.807) is 19.9 Å². The largest absolute Gasteiger partial charge is 0.479 e. The monoisotopic (exact) mass is 364 g/mol. The summed E-state index contributed by atoms with van der Waals surface area (Å²) in [6, 6.07) is 8.05. The smallest absolute Gasteiger partial charge is 0.331 e. The number of para-hydroxylation sites is 1. The van der Waals surface area contributed by atoms with Crippen LogP contribution in [0, 0.1) is 13.8 Å². The van der Waals surface area contributed by atoms with Crippen molar-refractivity contribution in [1.29, 1.82) is 0 Å². The maximum atomic E-state index is 13.1. The van der Waals surface area contributed by atoms with E-state index in [1.165, 1.54) is 0 Å². The number of H-pyrrole nitrogens is 1. The van der Waals surface area contributed by atoms with Gasteiger partial charge in [0.2, 0.25) is 0 Å². The molecule has 27 heavy (non-hydrogen) atoms. The Kier molecular flexibility index (Phi) is 4.14. The van der Waals surface area contributed by atoms with Gasteiger partial charge in [0.25, 0.3) is 5.91 Å². The van der Waals surface area contributed by atoms with Crippen molar-refractivity contribution in [2.75, 3.05) is 0 Å². The lowest BCUT2D eigenvalue weighted by atomic mass is 10.0. The van der Waals surface area contributed by atoms with Crippen LogP contribution in [0.25, 0.3) is 10.9 Å². The molecule has 3 aromatic rings. The van der Waals surface area contributed by atoms with Crippen molar-refractivity contribution in [2.24, 2.45) is 0 Å². The highest BCUT2D eigenvalue weighted by Gasteiger charge is 2.30. The second-order valence-corrected chi connectivity index (χ2v) is 6.98. The molecule has 0 spiro atoms. The van der Waals surface area contributed by atoms with Gasteiger partial charge in [0.15, 0.2) is 6.04 Å². The van der Waals surface area contributed by atoms with E-state index in [1.807, 2.05) is 24.3 Å². The van der Waals surface area contributed by atoms with Crippen molar-refractivity contribution in [1.82, 2.24) is 20.5 Å². The molecule has 0 bridgehead atoms. The molecule has 3 N–H and O–H groups in total. The molecule has 1 atom stereocenters. The Morgan fingerprint density at radius 2 is 2.00 bits per heavy atom. The van der Waals surface area contributed by atoms with Crippen molar-refractivity contribution in [3.05, 3.63) is 58.5 Å². The van der Waals surface area contributed by atoms with Crippen molar-refractivity contribution in [3.8, 4) is 0 Å². The second-order valence-electron chi connectivity index (χ2n) is 6.98. The number of hydrogen-bond acceptors (Lipinski definition) is 4. The van der Waals surface area contributed by atoms with Gasteiger partial charge < -0.3 is 10.4 Å². The van der Waals surface area contributed by atoms with Gasteiger partial charge in [0.1, 0.15) is 0 Å². The summed E-state index contributed by atoms with van der Waals surface area (Å²) in [4.78, 5) is 29.6. The van der Waals surface area contributed by atoms with Crippen molar-refractivity contribution in [3.63, 3.8) is 0 Å². The third kappa shape index (κ3) is 3.16. The summed E-state index contributed by atoms with van der Waals surface area (Å²) in [6.07, 6.45) is 2.13. The fourth-order valence-electron chi connectivity index (χ4n) is 3.42. The fraction of sp³-hybridized carbons (Fsp3) is 0.300. The third-order valence-corrected chi connectivity index (χ3v) is 4.97. The Morgan fingerprint density at radius 3 is 2.63 bits per heavy atom. The van der Waals surface area contributed by atoms with Crippen LogP contribution in [0.15, 0.2) is 30.3 Å². The second kappa shape index (κ2) is 6.50. The highest BCUT2D eigenvalue weighted by molar-refractivity contribution is 6.07. The van der Waals surface area contributed by atoms with Crippen molar-refractivity contribution < 1.29 is 14.7 Å². The molecule has 7 nitrogen and oxygen atoms in total. The third-order valence-electron chi connectivity index (χ3n) is 4.97. The fourth-order valence-corrected chi connectivity index (χ4v) is 3.42. The van der Waals surface area contributed by atoms with Gasteiger partial charge in [0.05, 0.1) is 16.8 Å². The number of rotatable bonds is 5. The van der Waals surface area contributed by atoms with E-state index in [2.05, 4.69) is 20.5 Å². The standard InChI is InChI=1S/C20H20N4O3/c1-10-17(11(2)24-23-10)18(20(26)27)22-19(25)14-9-16(12-7-8-12)21-15-6-4-3-5-13(14)15/h3-6,9,12,18H,7-8H2,1-2H3,(H,22,25)(H,23,24)(H,26,27). The van der Waals surface area contributed by atoms with Crippen molar-refractivity contribution >= 4 is 22.8 Å². The zero-order valence-electron chi connectivity index (χ0n) is 15.1. The lowest BCUT2D eigenvalue weighted by Crippen LogP contribution is -2.34. The van der Waals surface area contributed by atoms with Crippen LogP contribution in [-0.2, 0) is 4.79 Å². The van der Waals surface area contributed by atoms with Gasteiger partial charge in [-0.15, -0.1) is 0 Å². The van der Waals surface area contributed by atoms with Gasteiger partial charge in [-0.1, -0.05) is 18.2 Å². The summed E-state index contributed by atoms with van der Waals surface area (Å²) in [6.45, 7) is 3.46. The number of aliphatic carboxylic acids is 1. The quantitative estimate of drug-likeness (QED) is 0.645. The number of benzene rings is 1. The number of nitrogens with one attached hydrogen (secondary N) is 2. The van der Waals surface area contributed by atoms with Gasteiger partial charge >= 0.3 is 5.97 Å². The number of carbonyl (C=O) groups is 2. The first-order chi connectivity index (χ1) is 13.0. The maximum Gasteiger partial charge on any atom is 0.331 e. The zero-order chi connectivity index (χ0) is 19.1. The van der Waals surface area contributed by atoms with E-state index in [4.69, 9.17) is 0 Å². The summed E-state index contributed by atoms with van der Waals surface area (Å²) in [5.41, 5.74) is 3.75.